The van der Waals surface area contributed by atoms with E-state index in [9.17, 15) is 20.0 Å². The second kappa shape index (κ2) is 7.83. The Bertz CT molecular complexity index is 495. The van der Waals surface area contributed by atoms with Crippen LogP contribution in [0.25, 0.3) is 0 Å². The van der Waals surface area contributed by atoms with Crippen LogP contribution in [0.3, 0.4) is 0 Å². The van der Waals surface area contributed by atoms with E-state index in [4.69, 9.17) is 5.11 Å². The predicted molar refractivity (Wildman–Crippen MR) is 74.9 cm³/mol. The summed E-state index contributed by atoms with van der Waals surface area (Å²) in [5.41, 5.74) is 0.187. The van der Waals surface area contributed by atoms with Gasteiger partial charge in [0.25, 0.3) is 11.6 Å². The first-order valence-corrected chi connectivity index (χ1v) is 6.96. The average molecular weight is 300 g/mol. The number of nitrogens with zero attached hydrogens (tertiary/aromatic N) is 1. The minimum absolute atomic E-state index is 0.107. The van der Waals surface area contributed by atoms with Crippen LogP contribution >= 0.6 is 11.8 Å². The molecule has 110 valence electrons. The van der Waals surface area contributed by atoms with Crippen LogP contribution in [0.5, 0.6) is 0 Å². The Balaban J connectivity index is 2.99. The Kier molecular flexibility index (Phi) is 6.43. The maximum atomic E-state index is 11.7. The molecular formula is C12H16N2O5S. The lowest BCUT2D eigenvalue weighted by molar-refractivity contribution is -0.387. The zero-order chi connectivity index (χ0) is 15.1. The molecule has 7 nitrogen and oxygen atoms in total. The summed E-state index contributed by atoms with van der Waals surface area (Å²) in [6.45, 7) is 1.81. The van der Waals surface area contributed by atoms with Crippen LogP contribution < -0.4 is 5.32 Å². The largest absolute Gasteiger partial charge is 0.394 e. The lowest BCUT2D eigenvalue weighted by atomic mass is 10.2. The number of hydrogen-bond donors (Lipinski definition) is 3. The van der Waals surface area contributed by atoms with Crippen molar-refractivity contribution in [2.75, 3.05) is 18.9 Å². The van der Waals surface area contributed by atoms with E-state index in [0.29, 0.717) is 12.1 Å². The molecular weight excluding hydrogens is 284 g/mol. The number of nitro groups is 1. The first-order valence-electron chi connectivity index (χ1n) is 5.98. The number of rotatable bonds is 7. The molecule has 8 heteroatoms. The van der Waals surface area contributed by atoms with Crippen molar-refractivity contribution in [1.29, 1.82) is 0 Å². The number of hydrogen-bond acceptors (Lipinski definition) is 6. The lowest BCUT2D eigenvalue weighted by Gasteiger charge is -2.08. The molecule has 0 aliphatic heterocycles. The van der Waals surface area contributed by atoms with Gasteiger partial charge < -0.3 is 15.5 Å². The summed E-state index contributed by atoms with van der Waals surface area (Å²) in [7, 11) is 0. The normalized spacial score (nSPS) is 11.9. The molecule has 0 saturated carbocycles. The Hall–Kier alpha value is -1.64. The van der Waals surface area contributed by atoms with Crippen LogP contribution in [0, 0.1) is 10.1 Å². The first kappa shape index (κ1) is 16.4. The van der Waals surface area contributed by atoms with Crippen molar-refractivity contribution in [1.82, 2.24) is 5.32 Å². The summed E-state index contributed by atoms with van der Waals surface area (Å²) in [5, 5.41) is 31.6. The zero-order valence-electron chi connectivity index (χ0n) is 10.9. The van der Waals surface area contributed by atoms with E-state index in [1.807, 2.05) is 0 Å². The molecule has 0 radical (unpaired) electrons. The number of thioether (sulfide) groups is 1. The molecule has 1 rings (SSSR count). The van der Waals surface area contributed by atoms with E-state index >= 15 is 0 Å². The van der Waals surface area contributed by atoms with Gasteiger partial charge in [-0.15, -0.1) is 11.8 Å². The molecule has 0 aromatic heterocycles. The molecule has 0 spiro atoms. The van der Waals surface area contributed by atoms with Crippen LogP contribution in [0.15, 0.2) is 23.1 Å². The predicted octanol–water partition coefficient (Wildman–Crippen LogP) is 0.790. The van der Waals surface area contributed by atoms with Gasteiger partial charge in [-0.3, -0.25) is 14.9 Å². The summed E-state index contributed by atoms with van der Waals surface area (Å²) < 4.78 is 0. The minimum Gasteiger partial charge on any atom is -0.394 e. The summed E-state index contributed by atoms with van der Waals surface area (Å²) >= 11 is 1.03. The Morgan fingerprint density at radius 1 is 1.55 bits per heavy atom. The third kappa shape index (κ3) is 4.48. The number of aliphatic hydroxyl groups is 2. The van der Waals surface area contributed by atoms with Gasteiger partial charge in [0.05, 0.1) is 22.5 Å². The van der Waals surface area contributed by atoms with Crippen molar-refractivity contribution in [3.05, 3.63) is 33.9 Å². The number of aliphatic hydroxyl groups excluding tert-OH is 2. The molecule has 0 heterocycles. The highest BCUT2D eigenvalue weighted by molar-refractivity contribution is 7.99. The number of carbonyl (C=O) groups is 1. The summed E-state index contributed by atoms with van der Waals surface area (Å²) in [6, 6.07) is 4.06. The molecule has 3 N–H and O–H groups in total. The fraction of sp³-hybridized carbons (Fsp3) is 0.417. The van der Waals surface area contributed by atoms with E-state index in [-0.39, 0.29) is 22.2 Å². The average Bonchev–Trinajstić information content (AvgIpc) is 2.44. The fourth-order valence-corrected chi connectivity index (χ4v) is 2.40. The van der Waals surface area contributed by atoms with Gasteiger partial charge >= 0.3 is 0 Å². The summed E-state index contributed by atoms with van der Waals surface area (Å²) in [5.74, 6) is -0.206. The van der Waals surface area contributed by atoms with Gasteiger partial charge in [0, 0.05) is 23.9 Å². The first-order chi connectivity index (χ1) is 9.49. The second-order valence-corrected chi connectivity index (χ2v) is 5.01. The van der Waals surface area contributed by atoms with Crippen LogP contribution in [0.4, 0.5) is 5.69 Å². The van der Waals surface area contributed by atoms with Gasteiger partial charge in [0.1, 0.15) is 0 Å². The van der Waals surface area contributed by atoms with Gasteiger partial charge in [0.15, 0.2) is 0 Å². The fourth-order valence-electron chi connectivity index (χ4n) is 1.42. The highest BCUT2D eigenvalue weighted by Gasteiger charge is 2.18. The van der Waals surface area contributed by atoms with E-state index in [1.165, 1.54) is 18.2 Å². The molecule has 1 atom stereocenters. The van der Waals surface area contributed by atoms with E-state index < -0.39 is 17.6 Å². The van der Waals surface area contributed by atoms with Gasteiger partial charge in [-0.05, 0) is 19.1 Å². The van der Waals surface area contributed by atoms with Crippen LogP contribution in [0.1, 0.15) is 17.3 Å². The smallest absolute Gasteiger partial charge is 0.282 e. The third-order valence-electron chi connectivity index (χ3n) is 2.40. The van der Waals surface area contributed by atoms with Crippen molar-refractivity contribution in [3.63, 3.8) is 0 Å². The molecule has 1 aromatic carbocycles. The summed E-state index contributed by atoms with van der Waals surface area (Å²) in [6.07, 6.45) is -0.965. The SMILES string of the molecule is CCNC(=O)c1ccc([N+](=O)[O-])c(SCC(O)CO)c1. The van der Waals surface area contributed by atoms with Gasteiger partial charge in [0.2, 0.25) is 0 Å². The van der Waals surface area contributed by atoms with Gasteiger partial charge in [-0.25, -0.2) is 0 Å². The molecule has 1 amide bonds. The van der Waals surface area contributed by atoms with Crippen molar-refractivity contribution >= 4 is 23.4 Å². The molecule has 0 fully saturated rings. The maximum Gasteiger partial charge on any atom is 0.282 e. The van der Waals surface area contributed by atoms with Crippen molar-refractivity contribution in [3.8, 4) is 0 Å². The molecule has 0 saturated heterocycles. The van der Waals surface area contributed by atoms with Crippen molar-refractivity contribution in [2.24, 2.45) is 0 Å². The van der Waals surface area contributed by atoms with E-state index in [0.717, 1.165) is 11.8 Å². The number of nitrogens with one attached hydrogen (secondary N) is 1. The number of benzene rings is 1. The second-order valence-electron chi connectivity index (χ2n) is 3.95. The highest BCUT2D eigenvalue weighted by atomic mass is 32.2. The van der Waals surface area contributed by atoms with Gasteiger partial charge in [-0.1, -0.05) is 0 Å². The number of nitro benzene ring substituents is 1. The van der Waals surface area contributed by atoms with E-state index in [1.54, 1.807) is 6.92 Å². The topological polar surface area (TPSA) is 113 Å². The summed E-state index contributed by atoms with van der Waals surface area (Å²) in [4.78, 5) is 22.4. The molecule has 20 heavy (non-hydrogen) atoms. The lowest BCUT2D eigenvalue weighted by Crippen LogP contribution is -2.22. The molecule has 1 unspecified atom stereocenters. The van der Waals surface area contributed by atoms with Crippen LogP contribution in [0.2, 0.25) is 0 Å². The maximum absolute atomic E-state index is 11.7. The highest BCUT2D eigenvalue weighted by Crippen LogP contribution is 2.30. The van der Waals surface area contributed by atoms with Gasteiger partial charge in [-0.2, -0.15) is 0 Å². The van der Waals surface area contributed by atoms with Crippen molar-refractivity contribution in [2.45, 2.75) is 17.9 Å². The monoisotopic (exact) mass is 300 g/mol. The van der Waals surface area contributed by atoms with Crippen LogP contribution in [-0.2, 0) is 0 Å². The van der Waals surface area contributed by atoms with Crippen LogP contribution in [-0.4, -0.2) is 46.1 Å². The molecule has 0 aliphatic carbocycles. The van der Waals surface area contributed by atoms with Crippen molar-refractivity contribution < 1.29 is 19.9 Å². The van der Waals surface area contributed by atoms with E-state index in [2.05, 4.69) is 5.32 Å². The molecule has 1 aromatic rings. The number of carbonyl (C=O) groups excluding carboxylic acids is 1. The zero-order valence-corrected chi connectivity index (χ0v) is 11.7. The molecule has 0 aliphatic rings. The quantitative estimate of drug-likeness (QED) is 0.390. The molecule has 0 bridgehead atoms. The third-order valence-corrected chi connectivity index (χ3v) is 3.59. The Morgan fingerprint density at radius 2 is 2.25 bits per heavy atom. The number of amides is 1. The standard InChI is InChI=1S/C12H16N2O5S/c1-2-13-12(17)8-3-4-10(14(18)19)11(5-8)20-7-9(16)6-15/h3-5,9,15-16H,2,6-7H2,1H3,(H,13,17). The minimum atomic E-state index is -0.965. The Labute approximate surface area is 120 Å². The Morgan fingerprint density at radius 3 is 2.80 bits per heavy atom.